The van der Waals surface area contributed by atoms with Crippen LogP contribution in [-0.4, -0.2) is 37.8 Å². The Hall–Kier alpha value is -0.440. The van der Waals surface area contributed by atoms with Crippen molar-refractivity contribution >= 4 is 43.2 Å². The summed E-state index contributed by atoms with van der Waals surface area (Å²) in [6, 6.07) is 3.64. The highest BCUT2D eigenvalue weighted by atomic mass is 79.9. The quantitative estimate of drug-likeness (QED) is 0.789. The van der Waals surface area contributed by atoms with Crippen molar-refractivity contribution in [1.82, 2.24) is 9.62 Å². The molecular formula is C16H23BrN2O3S2. The Morgan fingerprint density at radius 3 is 2.58 bits per heavy atom. The average Bonchev–Trinajstić information content (AvgIpc) is 3.03. The lowest BCUT2D eigenvalue weighted by Crippen LogP contribution is -2.47. The van der Waals surface area contributed by atoms with E-state index in [0.29, 0.717) is 10.8 Å². The second kappa shape index (κ2) is 7.85. The standard InChI is InChI=1S/C16H23BrN2O3S2/c17-14-8-9-15(23-14)24(21,22)19-10-4-5-12(11-19)16(20)18-13-6-2-1-3-7-13/h8-9,12-13H,1-7,10-11H2,(H,18,20)/t12-/m1/s1. The molecule has 1 saturated carbocycles. The Bertz CT molecular complexity index is 683. The molecule has 2 fully saturated rings. The van der Waals surface area contributed by atoms with Crippen molar-refractivity contribution in [2.45, 2.75) is 55.2 Å². The number of thiophene rings is 1. The van der Waals surface area contributed by atoms with Crippen molar-refractivity contribution in [2.24, 2.45) is 5.92 Å². The Labute approximate surface area is 156 Å². The summed E-state index contributed by atoms with van der Waals surface area (Å²) in [5.41, 5.74) is 0. The van der Waals surface area contributed by atoms with E-state index in [1.54, 1.807) is 12.1 Å². The number of amides is 1. The molecule has 1 aromatic rings. The number of carbonyl (C=O) groups is 1. The molecule has 0 aromatic carbocycles. The zero-order valence-corrected chi connectivity index (χ0v) is 16.8. The Morgan fingerprint density at radius 1 is 1.17 bits per heavy atom. The molecule has 24 heavy (non-hydrogen) atoms. The molecule has 1 aliphatic heterocycles. The van der Waals surface area contributed by atoms with Crippen molar-refractivity contribution in [3.63, 3.8) is 0 Å². The largest absolute Gasteiger partial charge is 0.353 e. The van der Waals surface area contributed by atoms with Gasteiger partial charge >= 0.3 is 0 Å². The number of nitrogens with zero attached hydrogens (tertiary/aromatic N) is 1. The summed E-state index contributed by atoms with van der Waals surface area (Å²) in [5.74, 6) is -0.215. The van der Waals surface area contributed by atoms with Gasteiger partial charge in [-0.3, -0.25) is 4.79 Å². The van der Waals surface area contributed by atoms with E-state index >= 15 is 0 Å². The topological polar surface area (TPSA) is 66.5 Å². The lowest BCUT2D eigenvalue weighted by molar-refractivity contribution is -0.127. The first-order valence-electron chi connectivity index (χ1n) is 8.52. The highest BCUT2D eigenvalue weighted by Crippen LogP contribution is 2.31. The van der Waals surface area contributed by atoms with Crippen LogP contribution < -0.4 is 5.32 Å². The third kappa shape index (κ3) is 4.20. The summed E-state index contributed by atoms with van der Waals surface area (Å²) >= 11 is 4.52. The first-order chi connectivity index (χ1) is 11.5. The number of hydrogen-bond acceptors (Lipinski definition) is 4. The van der Waals surface area contributed by atoms with Gasteiger partial charge in [-0.1, -0.05) is 19.3 Å². The van der Waals surface area contributed by atoms with Crippen LogP contribution in [0.2, 0.25) is 0 Å². The van der Waals surface area contributed by atoms with E-state index in [2.05, 4.69) is 21.2 Å². The minimum absolute atomic E-state index is 0.0224. The first kappa shape index (κ1) is 18.4. The summed E-state index contributed by atoms with van der Waals surface area (Å²) in [6.07, 6.45) is 7.17. The van der Waals surface area contributed by atoms with Gasteiger partial charge in [0.25, 0.3) is 10.0 Å². The Morgan fingerprint density at radius 2 is 1.92 bits per heavy atom. The molecule has 1 aromatic heterocycles. The molecule has 0 radical (unpaired) electrons. The number of hydrogen-bond donors (Lipinski definition) is 1. The van der Waals surface area contributed by atoms with Gasteiger partial charge < -0.3 is 5.32 Å². The first-order valence-corrected chi connectivity index (χ1v) is 11.6. The second-order valence-electron chi connectivity index (χ2n) is 6.60. The predicted molar refractivity (Wildman–Crippen MR) is 98.5 cm³/mol. The van der Waals surface area contributed by atoms with E-state index in [1.165, 1.54) is 34.9 Å². The van der Waals surface area contributed by atoms with Gasteiger partial charge in [-0.15, -0.1) is 11.3 Å². The van der Waals surface area contributed by atoms with Crippen LogP contribution in [0, 0.1) is 5.92 Å². The third-order valence-electron chi connectivity index (χ3n) is 4.85. The van der Waals surface area contributed by atoms with Gasteiger partial charge in [-0.25, -0.2) is 8.42 Å². The van der Waals surface area contributed by atoms with E-state index in [-0.39, 0.29) is 24.4 Å². The predicted octanol–water partition coefficient (Wildman–Crippen LogP) is 3.36. The Kier molecular flexibility index (Phi) is 6.00. The van der Waals surface area contributed by atoms with Gasteiger partial charge in [0.1, 0.15) is 4.21 Å². The minimum atomic E-state index is -3.50. The molecule has 1 aliphatic carbocycles. The number of rotatable bonds is 4. The van der Waals surface area contributed by atoms with Crippen LogP contribution in [0.25, 0.3) is 0 Å². The number of nitrogens with one attached hydrogen (secondary N) is 1. The molecule has 0 bridgehead atoms. The molecule has 1 atom stereocenters. The fraction of sp³-hybridized carbons (Fsp3) is 0.688. The van der Waals surface area contributed by atoms with Gasteiger partial charge in [0.15, 0.2) is 0 Å². The van der Waals surface area contributed by atoms with E-state index in [4.69, 9.17) is 0 Å². The van der Waals surface area contributed by atoms with Gasteiger partial charge in [-0.05, 0) is 53.7 Å². The maximum absolute atomic E-state index is 12.7. The molecular weight excluding hydrogens is 412 g/mol. The summed E-state index contributed by atoms with van der Waals surface area (Å²) < 4.78 is 28.1. The van der Waals surface area contributed by atoms with Crippen LogP contribution in [0.15, 0.2) is 20.1 Å². The summed E-state index contributed by atoms with van der Waals surface area (Å²) in [5, 5.41) is 3.14. The normalized spacial score (nSPS) is 24.0. The molecule has 0 spiro atoms. The van der Waals surface area contributed by atoms with E-state index in [0.717, 1.165) is 29.5 Å². The van der Waals surface area contributed by atoms with Crippen LogP contribution in [0.3, 0.4) is 0 Å². The van der Waals surface area contributed by atoms with Crippen LogP contribution in [0.1, 0.15) is 44.9 Å². The number of sulfonamides is 1. The molecule has 2 heterocycles. The molecule has 0 unspecified atom stereocenters. The SMILES string of the molecule is O=C(NC1CCCCC1)[C@@H]1CCCN(S(=O)(=O)c2ccc(Br)s2)C1. The fourth-order valence-electron chi connectivity index (χ4n) is 3.50. The molecule has 1 N–H and O–H groups in total. The van der Waals surface area contributed by atoms with E-state index in [1.807, 2.05) is 0 Å². The molecule has 134 valence electrons. The maximum atomic E-state index is 12.7. The van der Waals surface area contributed by atoms with E-state index in [9.17, 15) is 13.2 Å². The van der Waals surface area contributed by atoms with Crippen LogP contribution in [-0.2, 0) is 14.8 Å². The van der Waals surface area contributed by atoms with Gasteiger partial charge in [0.2, 0.25) is 5.91 Å². The van der Waals surface area contributed by atoms with Gasteiger partial charge in [0.05, 0.1) is 9.70 Å². The monoisotopic (exact) mass is 434 g/mol. The van der Waals surface area contributed by atoms with Gasteiger partial charge in [-0.2, -0.15) is 4.31 Å². The fourth-order valence-corrected chi connectivity index (χ4v) is 7.19. The highest BCUT2D eigenvalue weighted by molar-refractivity contribution is 9.11. The van der Waals surface area contributed by atoms with Crippen LogP contribution >= 0.6 is 27.3 Å². The number of carbonyl (C=O) groups excluding carboxylic acids is 1. The number of halogens is 1. The molecule has 1 saturated heterocycles. The molecule has 3 rings (SSSR count). The minimum Gasteiger partial charge on any atom is -0.353 e. The van der Waals surface area contributed by atoms with Crippen molar-refractivity contribution < 1.29 is 13.2 Å². The molecule has 8 heteroatoms. The summed E-state index contributed by atoms with van der Waals surface area (Å²) in [6.45, 7) is 0.779. The smallest absolute Gasteiger partial charge is 0.252 e. The van der Waals surface area contributed by atoms with Crippen LogP contribution in [0.4, 0.5) is 0 Å². The zero-order valence-electron chi connectivity index (χ0n) is 13.5. The summed E-state index contributed by atoms with van der Waals surface area (Å²) in [7, 11) is -3.50. The molecule has 5 nitrogen and oxygen atoms in total. The lowest BCUT2D eigenvalue weighted by atomic mass is 9.93. The maximum Gasteiger partial charge on any atom is 0.252 e. The third-order valence-corrected chi connectivity index (χ3v) is 8.81. The lowest BCUT2D eigenvalue weighted by Gasteiger charge is -2.32. The zero-order chi connectivity index (χ0) is 17.2. The van der Waals surface area contributed by atoms with Crippen molar-refractivity contribution in [3.8, 4) is 0 Å². The Balaban J connectivity index is 1.64. The summed E-state index contributed by atoms with van der Waals surface area (Å²) in [4.78, 5) is 12.5. The van der Waals surface area contributed by atoms with Crippen molar-refractivity contribution in [3.05, 3.63) is 15.9 Å². The van der Waals surface area contributed by atoms with E-state index < -0.39 is 10.0 Å². The van der Waals surface area contributed by atoms with Crippen molar-refractivity contribution in [1.29, 1.82) is 0 Å². The molecule has 2 aliphatic rings. The number of piperidine rings is 1. The average molecular weight is 435 g/mol. The van der Waals surface area contributed by atoms with Crippen LogP contribution in [0.5, 0.6) is 0 Å². The van der Waals surface area contributed by atoms with Gasteiger partial charge in [0, 0.05) is 19.1 Å². The second-order valence-corrected chi connectivity index (χ2v) is 11.2. The molecule has 1 amide bonds. The van der Waals surface area contributed by atoms with Crippen molar-refractivity contribution in [2.75, 3.05) is 13.1 Å². The highest BCUT2D eigenvalue weighted by Gasteiger charge is 2.34.